The minimum Gasteiger partial charge on any atom is -0.450 e. The zero-order valence-electron chi connectivity index (χ0n) is 17.8. The molecule has 4 rings (SSSR count). The van der Waals surface area contributed by atoms with Crippen LogP contribution in [0.2, 0.25) is 0 Å². The summed E-state index contributed by atoms with van der Waals surface area (Å²) in [4.78, 5) is 38.3. The molecule has 0 atom stereocenters. The van der Waals surface area contributed by atoms with Crippen LogP contribution in [0.3, 0.4) is 0 Å². The summed E-state index contributed by atoms with van der Waals surface area (Å²) in [5, 5.41) is 24.2. The van der Waals surface area contributed by atoms with Gasteiger partial charge < -0.3 is 14.5 Å². The summed E-state index contributed by atoms with van der Waals surface area (Å²) in [5.41, 5.74) is 1.59. The molecule has 2 aromatic heterocycles. The van der Waals surface area contributed by atoms with Crippen LogP contribution < -0.4 is 0 Å². The Morgan fingerprint density at radius 3 is 2.61 bits per heavy atom. The number of non-ortho nitro benzene ring substituents is 1. The quantitative estimate of drug-likeness (QED) is 0.301. The average molecular weight is 471 g/mol. The molecule has 12 nitrogen and oxygen atoms in total. The molecule has 172 valence electrons. The molecule has 1 aromatic carbocycles. The number of hydrogen-bond acceptors (Lipinski definition) is 9. The Balaban J connectivity index is 1.42. The molecule has 0 bridgehead atoms. The van der Waals surface area contributed by atoms with Crippen LogP contribution in [0, 0.1) is 10.1 Å². The predicted molar refractivity (Wildman–Crippen MR) is 119 cm³/mol. The fourth-order valence-electron chi connectivity index (χ4n) is 3.36. The molecule has 0 aliphatic carbocycles. The van der Waals surface area contributed by atoms with Gasteiger partial charge >= 0.3 is 6.09 Å². The highest BCUT2D eigenvalue weighted by Crippen LogP contribution is 2.24. The van der Waals surface area contributed by atoms with E-state index in [1.807, 2.05) is 0 Å². The van der Waals surface area contributed by atoms with E-state index in [9.17, 15) is 19.7 Å². The molecular formula is C20H21N7O5S. The molecule has 0 N–H and O–H groups in total. The smallest absolute Gasteiger partial charge is 0.409 e. The lowest BCUT2D eigenvalue weighted by Gasteiger charge is -2.33. The predicted octanol–water partition coefficient (Wildman–Crippen LogP) is 2.09. The number of amides is 2. The van der Waals surface area contributed by atoms with E-state index in [0.29, 0.717) is 54.8 Å². The molecule has 3 aromatic rings. The van der Waals surface area contributed by atoms with Gasteiger partial charge in [0, 0.05) is 43.9 Å². The number of fused-ring (bicyclic) bond motifs is 1. The van der Waals surface area contributed by atoms with Gasteiger partial charge in [-0.2, -0.15) is 9.61 Å². The molecule has 0 saturated carbocycles. The van der Waals surface area contributed by atoms with Crippen molar-refractivity contribution in [3.8, 4) is 11.3 Å². The Morgan fingerprint density at radius 1 is 1.12 bits per heavy atom. The number of nitro groups is 1. The van der Waals surface area contributed by atoms with Gasteiger partial charge in [-0.15, -0.1) is 10.2 Å². The third-order valence-electron chi connectivity index (χ3n) is 5.07. The minimum atomic E-state index is -0.458. The first-order valence-corrected chi connectivity index (χ1v) is 11.2. The highest BCUT2D eigenvalue weighted by molar-refractivity contribution is 7.99. The van der Waals surface area contributed by atoms with Crippen molar-refractivity contribution in [1.29, 1.82) is 0 Å². The average Bonchev–Trinajstić information content (AvgIpc) is 3.25. The highest BCUT2D eigenvalue weighted by atomic mass is 32.2. The van der Waals surface area contributed by atoms with Gasteiger partial charge in [-0.3, -0.25) is 14.9 Å². The van der Waals surface area contributed by atoms with Crippen LogP contribution in [-0.2, 0) is 9.53 Å². The second kappa shape index (κ2) is 9.81. The van der Waals surface area contributed by atoms with Gasteiger partial charge in [-0.05, 0) is 19.1 Å². The maximum absolute atomic E-state index is 12.7. The number of piperazine rings is 1. The van der Waals surface area contributed by atoms with Gasteiger partial charge in [0.05, 0.1) is 23.0 Å². The van der Waals surface area contributed by atoms with E-state index in [1.165, 1.54) is 28.4 Å². The molecule has 33 heavy (non-hydrogen) atoms. The van der Waals surface area contributed by atoms with Gasteiger partial charge in [0.2, 0.25) is 11.1 Å². The maximum atomic E-state index is 12.7. The number of thioether (sulfide) groups is 1. The lowest BCUT2D eigenvalue weighted by Crippen LogP contribution is -2.51. The maximum Gasteiger partial charge on any atom is 0.409 e. The van der Waals surface area contributed by atoms with Crippen molar-refractivity contribution in [2.75, 3.05) is 38.5 Å². The molecule has 2 amide bonds. The van der Waals surface area contributed by atoms with E-state index in [0.717, 1.165) is 0 Å². The summed E-state index contributed by atoms with van der Waals surface area (Å²) in [6.45, 7) is 3.80. The number of ether oxygens (including phenoxy) is 1. The number of benzene rings is 1. The van der Waals surface area contributed by atoms with E-state index in [1.54, 1.807) is 41.0 Å². The number of carbonyl (C=O) groups excluding carboxylic acids is 2. The van der Waals surface area contributed by atoms with Crippen LogP contribution in [0.4, 0.5) is 10.5 Å². The number of hydrogen-bond donors (Lipinski definition) is 0. The monoisotopic (exact) mass is 471 g/mol. The summed E-state index contributed by atoms with van der Waals surface area (Å²) >= 11 is 1.21. The normalized spacial score (nSPS) is 13.8. The molecule has 0 radical (unpaired) electrons. The SMILES string of the molecule is CCOC(=O)N1CCN(C(=O)CSc2nnc3ccc(-c4cccc([N+](=O)[O-])c4)nn23)CC1. The van der Waals surface area contributed by atoms with E-state index < -0.39 is 4.92 Å². The standard InChI is InChI=1S/C20H21N7O5S/c1-2-32-20(29)25-10-8-24(9-11-25)18(28)13-33-19-22-21-17-7-6-16(23-26(17)19)14-4-3-5-15(12-14)27(30)31/h3-7,12H,2,8-11,13H2,1H3. The van der Waals surface area contributed by atoms with Gasteiger partial charge in [0.15, 0.2) is 5.65 Å². The molecule has 0 spiro atoms. The molecule has 3 heterocycles. The molecule has 0 unspecified atom stereocenters. The van der Waals surface area contributed by atoms with Gasteiger partial charge in [-0.25, -0.2) is 4.79 Å². The lowest BCUT2D eigenvalue weighted by atomic mass is 10.1. The van der Waals surface area contributed by atoms with Gasteiger partial charge in [0.1, 0.15) is 0 Å². The second-order valence-corrected chi connectivity index (χ2v) is 8.08. The first-order chi connectivity index (χ1) is 16.0. The van der Waals surface area contributed by atoms with Crippen molar-refractivity contribution in [3.63, 3.8) is 0 Å². The van der Waals surface area contributed by atoms with Crippen molar-refractivity contribution < 1.29 is 19.2 Å². The Hall–Kier alpha value is -3.74. The molecule has 1 aliphatic heterocycles. The van der Waals surface area contributed by atoms with E-state index in [4.69, 9.17) is 4.74 Å². The lowest BCUT2D eigenvalue weighted by molar-refractivity contribution is -0.384. The van der Waals surface area contributed by atoms with Crippen molar-refractivity contribution in [3.05, 3.63) is 46.5 Å². The third-order valence-corrected chi connectivity index (χ3v) is 5.97. The number of carbonyl (C=O) groups is 2. The van der Waals surface area contributed by atoms with Crippen molar-refractivity contribution in [2.45, 2.75) is 12.1 Å². The number of rotatable bonds is 6. The molecule has 13 heteroatoms. The molecule has 1 fully saturated rings. The van der Waals surface area contributed by atoms with Crippen LogP contribution in [-0.4, -0.2) is 85.1 Å². The highest BCUT2D eigenvalue weighted by Gasteiger charge is 2.25. The first kappa shape index (κ1) is 22.5. The number of nitro benzene ring substituents is 1. The van der Waals surface area contributed by atoms with Crippen LogP contribution in [0.25, 0.3) is 16.9 Å². The second-order valence-electron chi connectivity index (χ2n) is 7.13. The van der Waals surface area contributed by atoms with Gasteiger partial charge in [-0.1, -0.05) is 23.9 Å². The summed E-state index contributed by atoms with van der Waals surface area (Å²) in [6.07, 6.45) is -0.362. The Morgan fingerprint density at radius 2 is 1.88 bits per heavy atom. The first-order valence-electron chi connectivity index (χ1n) is 10.3. The fraction of sp³-hybridized carbons (Fsp3) is 0.350. The summed E-state index contributed by atoms with van der Waals surface area (Å²) in [6, 6.07) is 9.63. The van der Waals surface area contributed by atoms with E-state index >= 15 is 0 Å². The topological polar surface area (TPSA) is 136 Å². The third kappa shape index (κ3) is 5.03. The fourth-order valence-corrected chi connectivity index (χ4v) is 4.15. The summed E-state index contributed by atoms with van der Waals surface area (Å²) < 4.78 is 6.51. The van der Waals surface area contributed by atoms with Crippen LogP contribution in [0.15, 0.2) is 41.6 Å². The summed E-state index contributed by atoms with van der Waals surface area (Å²) in [7, 11) is 0. The van der Waals surface area contributed by atoms with Crippen LogP contribution in [0.1, 0.15) is 6.92 Å². The number of nitrogens with zero attached hydrogens (tertiary/aromatic N) is 7. The van der Waals surface area contributed by atoms with Crippen molar-refractivity contribution >= 4 is 35.1 Å². The molecule has 1 aliphatic rings. The Kier molecular flexibility index (Phi) is 6.68. The Bertz CT molecular complexity index is 1190. The van der Waals surface area contributed by atoms with E-state index in [-0.39, 0.29) is 23.4 Å². The Labute approximate surface area is 192 Å². The number of aromatic nitrogens is 4. The van der Waals surface area contributed by atoms with Crippen LogP contribution in [0.5, 0.6) is 0 Å². The minimum absolute atomic E-state index is 0.0265. The van der Waals surface area contributed by atoms with Crippen molar-refractivity contribution in [1.82, 2.24) is 29.6 Å². The summed E-state index contributed by atoms with van der Waals surface area (Å²) in [5.74, 6) is 0.0678. The molecule has 1 saturated heterocycles. The van der Waals surface area contributed by atoms with E-state index in [2.05, 4.69) is 15.3 Å². The van der Waals surface area contributed by atoms with Crippen molar-refractivity contribution in [2.24, 2.45) is 0 Å². The largest absolute Gasteiger partial charge is 0.450 e. The zero-order chi connectivity index (χ0) is 23.4. The van der Waals surface area contributed by atoms with Gasteiger partial charge in [0.25, 0.3) is 5.69 Å². The van der Waals surface area contributed by atoms with Crippen LogP contribution >= 0.6 is 11.8 Å². The zero-order valence-corrected chi connectivity index (χ0v) is 18.6. The molecular weight excluding hydrogens is 450 g/mol.